The number of carboxylic acids is 1. The smallest absolute Gasteiger partial charge is 0.361 e. The molecule has 0 heterocycles. The van der Waals surface area contributed by atoms with Gasteiger partial charge in [-0.25, -0.2) is 4.79 Å². The third-order valence-corrected chi connectivity index (χ3v) is 11.6. The van der Waals surface area contributed by atoms with Crippen molar-refractivity contribution in [1.29, 1.82) is 0 Å². The Bertz CT molecular complexity index is 1730. The molecule has 0 rings (SSSR count). The molecule has 422 valence electrons. The van der Waals surface area contributed by atoms with E-state index in [0.29, 0.717) is 23.9 Å². The highest BCUT2D eigenvalue weighted by atomic mass is 16.7. The van der Waals surface area contributed by atoms with Crippen molar-refractivity contribution in [3.05, 3.63) is 146 Å². The summed E-state index contributed by atoms with van der Waals surface area (Å²) in [6.07, 6.45) is 77.8. The third-order valence-electron chi connectivity index (χ3n) is 11.6. The Morgan fingerprint density at radius 2 is 0.720 bits per heavy atom. The fourth-order valence-electron chi connectivity index (χ4n) is 7.19. The van der Waals surface area contributed by atoms with E-state index in [-0.39, 0.29) is 38.6 Å². The molecule has 9 heteroatoms. The quantitative estimate of drug-likeness (QED) is 0.0211. The van der Waals surface area contributed by atoms with Crippen LogP contribution in [0.5, 0.6) is 0 Å². The molecule has 75 heavy (non-hydrogen) atoms. The third kappa shape index (κ3) is 56.7. The second kappa shape index (κ2) is 55.4. The fraction of sp³-hybridized carbons (Fsp3) is 0.591. The first-order valence-corrected chi connectivity index (χ1v) is 29.0. The van der Waals surface area contributed by atoms with Crippen LogP contribution in [0.2, 0.25) is 0 Å². The van der Waals surface area contributed by atoms with Crippen molar-refractivity contribution < 1.29 is 42.9 Å². The monoisotopic (exact) mass is 1040 g/mol. The molecule has 0 aromatic heterocycles. The zero-order chi connectivity index (χ0) is 54.8. The summed E-state index contributed by atoms with van der Waals surface area (Å²) in [4.78, 5) is 37.4. The molecule has 0 aliphatic heterocycles. The molecule has 0 aliphatic carbocycles. The highest BCUT2D eigenvalue weighted by Crippen LogP contribution is 2.14. The molecule has 2 unspecified atom stereocenters. The minimum absolute atomic E-state index is 0.173. The lowest BCUT2D eigenvalue weighted by Gasteiger charge is -2.25. The highest BCUT2D eigenvalue weighted by Gasteiger charge is 2.25. The van der Waals surface area contributed by atoms with Crippen LogP contribution in [0.4, 0.5) is 0 Å². The van der Waals surface area contributed by atoms with Crippen molar-refractivity contribution in [2.24, 2.45) is 0 Å². The summed E-state index contributed by atoms with van der Waals surface area (Å²) in [7, 11) is 5.94. The van der Waals surface area contributed by atoms with Gasteiger partial charge in [0.15, 0.2) is 6.10 Å². The van der Waals surface area contributed by atoms with Crippen LogP contribution in [0.1, 0.15) is 194 Å². The van der Waals surface area contributed by atoms with E-state index >= 15 is 0 Å². The topological polar surface area (TPSA) is 108 Å². The molecule has 0 amide bonds. The molecule has 0 aliphatic rings. The van der Waals surface area contributed by atoms with Gasteiger partial charge in [-0.1, -0.05) is 211 Å². The van der Waals surface area contributed by atoms with Crippen LogP contribution >= 0.6 is 0 Å². The lowest BCUT2D eigenvalue weighted by atomic mass is 10.1. The Morgan fingerprint density at radius 3 is 1.07 bits per heavy atom. The van der Waals surface area contributed by atoms with E-state index in [1.807, 2.05) is 21.1 Å². The molecule has 1 N–H and O–H groups in total. The number of unbranched alkanes of at least 4 members (excludes halogenated alkanes) is 12. The van der Waals surface area contributed by atoms with E-state index in [4.69, 9.17) is 18.9 Å². The van der Waals surface area contributed by atoms with Crippen molar-refractivity contribution in [3.63, 3.8) is 0 Å². The minimum atomic E-state index is -1.53. The molecule has 0 aromatic rings. The summed E-state index contributed by atoms with van der Waals surface area (Å²) in [5.41, 5.74) is 0. The normalized spacial score (nSPS) is 13.9. The van der Waals surface area contributed by atoms with Crippen molar-refractivity contribution in [2.75, 3.05) is 47.5 Å². The maximum absolute atomic E-state index is 12.9. The fourth-order valence-corrected chi connectivity index (χ4v) is 7.19. The Labute approximate surface area is 458 Å². The van der Waals surface area contributed by atoms with Crippen LogP contribution in [0.25, 0.3) is 0 Å². The van der Waals surface area contributed by atoms with Gasteiger partial charge in [-0.3, -0.25) is 9.59 Å². The molecule has 9 nitrogen and oxygen atoms in total. The standard InChI is InChI=1S/C66H105NO8/c1-6-8-10-12-14-16-18-20-22-24-25-26-27-28-29-30-31-32-33-34-35-36-37-38-39-41-43-45-47-49-51-53-55-57-64(69)75-62(61-74-66(65(70)71)72-59-58-67(3,4)5)60-73-63(68)56-54-52-50-48-46-44-42-40-23-21-19-17-15-13-11-9-7-2/h8-11,14-17,20-23,25-26,28-29,31-32,34-35,37-38,42,44,62,66H,6-7,12-13,18-19,24,27,30,33,36,39-41,43,45-61H2,1-5H3/p+1/b10-8-,11-9-,16-14-,17-15-,22-20-,23-21-,26-25-,29-28-,32-31-,35-34-,38-37-,44-42-. The van der Waals surface area contributed by atoms with Gasteiger partial charge in [0.05, 0.1) is 34.4 Å². The molecule has 0 fully saturated rings. The van der Waals surface area contributed by atoms with Crippen LogP contribution in [0.3, 0.4) is 0 Å². The summed E-state index contributed by atoms with van der Waals surface area (Å²) >= 11 is 0. The number of nitrogens with zero attached hydrogens (tertiary/aromatic N) is 1. The molecular formula is C66H106NO8+. The predicted molar refractivity (Wildman–Crippen MR) is 317 cm³/mol. The Morgan fingerprint density at radius 1 is 0.400 bits per heavy atom. The largest absolute Gasteiger partial charge is 0.477 e. The molecule has 0 aromatic carbocycles. The second-order valence-corrected chi connectivity index (χ2v) is 19.8. The summed E-state index contributed by atoms with van der Waals surface area (Å²) < 4.78 is 22.8. The summed E-state index contributed by atoms with van der Waals surface area (Å²) in [5, 5.41) is 9.70. The van der Waals surface area contributed by atoms with Crippen LogP contribution in [0.15, 0.2) is 146 Å². The summed E-state index contributed by atoms with van der Waals surface area (Å²) in [6.45, 7) is 4.58. The van der Waals surface area contributed by atoms with Crippen molar-refractivity contribution in [2.45, 2.75) is 206 Å². The van der Waals surface area contributed by atoms with E-state index in [9.17, 15) is 19.5 Å². The first kappa shape index (κ1) is 70.2. The van der Waals surface area contributed by atoms with Gasteiger partial charge in [-0.05, 0) is 116 Å². The molecule has 0 saturated heterocycles. The number of ether oxygens (including phenoxy) is 4. The van der Waals surface area contributed by atoms with Gasteiger partial charge in [-0.15, -0.1) is 0 Å². The van der Waals surface area contributed by atoms with Gasteiger partial charge in [0.1, 0.15) is 13.2 Å². The lowest BCUT2D eigenvalue weighted by Crippen LogP contribution is -2.40. The Kier molecular flexibility index (Phi) is 51.8. The number of carbonyl (C=O) groups is 3. The number of hydrogen-bond donors (Lipinski definition) is 1. The van der Waals surface area contributed by atoms with Gasteiger partial charge < -0.3 is 28.5 Å². The summed E-state index contributed by atoms with van der Waals surface area (Å²) in [6, 6.07) is 0. The number of aliphatic carboxylic acids is 1. The van der Waals surface area contributed by atoms with E-state index in [1.165, 1.54) is 25.7 Å². The van der Waals surface area contributed by atoms with Crippen LogP contribution in [0, 0.1) is 0 Å². The van der Waals surface area contributed by atoms with Crippen molar-refractivity contribution >= 4 is 17.9 Å². The lowest BCUT2D eigenvalue weighted by molar-refractivity contribution is -0.870. The van der Waals surface area contributed by atoms with E-state index in [2.05, 4.69) is 160 Å². The number of rotatable bonds is 51. The van der Waals surface area contributed by atoms with Crippen LogP contribution in [-0.4, -0.2) is 87.4 Å². The zero-order valence-corrected chi connectivity index (χ0v) is 47.9. The van der Waals surface area contributed by atoms with Gasteiger partial charge in [0, 0.05) is 12.8 Å². The molecule has 0 spiro atoms. The van der Waals surface area contributed by atoms with E-state index in [1.54, 1.807) is 0 Å². The molecule has 0 saturated carbocycles. The molecule has 2 atom stereocenters. The maximum Gasteiger partial charge on any atom is 0.361 e. The minimum Gasteiger partial charge on any atom is -0.477 e. The molecular weight excluding hydrogens is 935 g/mol. The molecule has 0 radical (unpaired) electrons. The van der Waals surface area contributed by atoms with E-state index < -0.39 is 24.3 Å². The first-order valence-electron chi connectivity index (χ1n) is 29.0. The van der Waals surface area contributed by atoms with Gasteiger partial charge >= 0.3 is 17.9 Å². The number of carboxylic acid groups (broad SMARTS) is 1. The Balaban J connectivity index is 4.30. The Hall–Kier alpha value is -4.83. The number of hydrogen-bond acceptors (Lipinski definition) is 7. The van der Waals surface area contributed by atoms with Gasteiger partial charge in [0.2, 0.25) is 0 Å². The summed E-state index contributed by atoms with van der Waals surface area (Å²) in [5.74, 6) is -2.07. The van der Waals surface area contributed by atoms with Gasteiger partial charge in [0.25, 0.3) is 6.29 Å². The highest BCUT2D eigenvalue weighted by molar-refractivity contribution is 5.71. The predicted octanol–water partition coefficient (Wildman–Crippen LogP) is 17.2. The number of allylic oxidation sites excluding steroid dienone is 24. The first-order chi connectivity index (χ1) is 36.6. The van der Waals surface area contributed by atoms with Crippen molar-refractivity contribution in [1.82, 2.24) is 0 Å². The van der Waals surface area contributed by atoms with Crippen molar-refractivity contribution in [3.8, 4) is 0 Å². The van der Waals surface area contributed by atoms with E-state index in [0.717, 1.165) is 128 Å². The zero-order valence-electron chi connectivity index (χ0n) is 47.9. The number of quaternary nitrogens is 1. The second-order valence-electron chi connectivity index (χ2n) is 19.8. The average Bonchev–Trinajstić information content (AvgIpc) is 3.38. The molecule has 0 bridgehead atoms. The van der Waals surface area contributed by atoms with Crippen LogP contribution in [-0.2, 0) is 33.3 Å². The van der Waals surface area contributed by atoms with Gasteiger partial charge in [-0.2, -0.15) is 0 Å². The number of esters is 2. The number of likely N-dealkylation sites (N-methyl/N-ethyl adjacent to an activating group) is 1. The van der Waals surface area contributed by atoms with Crippen LogP contribution < -0.4 is 0 Å². The average molecular weight is 1040 g/mol. The maximum atomic E-state index is 12.9. The number of carbonyl (C=O) groups excluding carboxylic acids is 2. The SMILES string of the molecule is CC/C=C\C/C=C\C/C=C\C/C=C\C/C=C\C/C=C\C/C=C\C/C=C\CCCCCCCCCCC(=O)OC(COC(=O)CCCCCC/C=C\C/C=C\C/C=C\C/C=C\CC)COC(OCC[N+](C)(C)C)C(=O)O.